The number of Topliss-reactive ketones (excluding diaryl/α,β-unsaturated/α-hetero) is 1. The second-order valence-corrected chi connectivity index (χ2v) is 11.7. The summed E-state index contributed by atoms with van der Waals surface area (Å²) < 4.78 is 6.13. The summed E-state index contributed by atoms with van der Waals surface area (Å²) >= 11 is 1.79. The molecule has 0 aromatic heterocycles. The van der Waals surface area contributed by atoms with Crippen molar-refractivity contribution in [2.75, 3.05) is 17.8 Å². The second kappa shape index (κ2) is 19.8. The predicted octanol–water partition coefficient (Wildman–Crippen LogP) is 10.2. The molecule has 0 fully saturated rings. The van der Waals surface area contributed by atoms with Crippen molar-refractivity contribution < 1.29 is 14.3 Å². The smallest absolute Gasteiger partial charge is 0.255 e. The normalized spacial score (nSPS) is 12.6. The lowest BCUT2D eigenvalue weighted by molar-refractivity contribution is 0.100. The van der Waals surface area contributed by atoms with E-state index >= 15 is 0 Å². The van der Waals surface area contributed by atoms with Crippen LogP contribution in [0, 0.1) is 0 Å². The highest BCUT2D eigenvalue weighted by molar-refractivity contribution is 8.93. The van der Waals surface area contributed by atoms with Crippen molar-refractivity contribution in [2.24, 2.45) is 0 Å². The third-order valence-electron chi connectivity index (χ3n) is 7.43. The van der Waals surface area contributed by atoms with Gasteiger partial charge in [-0.25, -0.2) is 0 Å². The Morgan fingerprint density at radius 2 is 1.54 bits per heavy atom. The number of ketones is 1. The molecule has 0 saturated carbocycles. The Balaban J connectivity index is 0.00000588. The van der Waals surface area contributed by atoms with Gasteiger partial charge < -0.3 is 15.0 Å². The first-order chi connectivity index (χ1) is 19.5. The molecule has 0 spiro atoms. The third kappa shape index (κ3) is 12.3. The van der Waals surface area contributed by atoms with Crippen LogP contribution >= 0.6 is 28.7 Å². The zero-order chi connectivity index (χ0) is 28.6. The van der Waals surface area contributed by atoms with E-state index in [1.807, 2.05) is 24.3 Å². The number of benzene rings is 2. The Hall–Kier alpha value is -2.25. The average molecular weight is 646 g/mol. The van der Waals surface area contributed by atoms with Gasteiger partial charge in [-0.2, -0.15) is 0 Å². The van der Waals surface area contributed by atoms with Crippen LogP contribution < -0.4 is 10.1 Å². The topological polar surface area (TPSA) is 58.6 Å². The van der Waals surface area contributed by atoms with E-state index in [4.69, 9.17) is 4.74 Å². The zero-order valence-corrected chi connectivity index (χ0v) is 27.7. The minimum absolute atomic E-state index is 0. The summed E-state index contributed by atoms with van der Waals surface area (Å²) in [6.45, 7) is 7.20. The molecule has 0 unspecified atom stereocenters. The Labute approximate surface area is 262 Å². The molecule has 5 nitrogen and oxygen atoms in total. The highest BCUT2D eigenvalue weighted by Crippen LogP contribution is 2.31. The van der Waals surface area contributed by atoms with E-state index in [2.05, 4.69) is 29.5 Å². The quantitative estimate of drug-likeness (QED) is 0.122. The Kier molecular flexibility index (Phi) is 16.9. The van der Waals surface area contributed by atoms with Crippen molar-refractivity contribution >= 4 is 46.1 Å². The summed E-state index contributed by atoms with van der Waals surface area (Å²) in [6, 6.07) is 13.1. The van der Waals surface area contributed by atoms with Crippen LogP contribution in [0.15, 0.2) is 53.6 Å². The van der Waals surface area contributed by atoms with Crippen molar-refractivity contribution in [3.05, 3.63) is 70.3 Å². The number of nitrogens with one attached hydrogen (secondary N) is 1. The third-order valence-corrected chi connectivity index (χ3v) is 8.40. The van der Waals surface area contributed by atoms with Crippen LogP contribution in [0.25, 0.3) is 0 Å². The maximum Gasteiger partial charge on any atom is 0.255 e. The summed E-state index contributed by atoms with van der Waals surface area (Å²) in [5.41, 5.74) is 3.96. The summed E-state index contributed by atoms with van der Waals surface area (Å²) in [4.78, 5) is 27.8. The number of nitrogens with zero attached hydrogens (tertiary/aromatic N) is 1. The molecule has 0 saturated heterocycles. The fraction of sp³-hybridized carbons (Fsp3) is 0.529. The van der Waals surface area contributed by atoms with E-state index in [0.29, 0.717) is 29.2 Å². The van der Waals surface area contributed by atoms with E-state index in [1.54, 1.807) is 30.0 Å². The van der Waals surface area contributed by atoms with Gasteiger partial charge in [-0.3, -0.25) is 9.59 Å². The molecule has 1 amide bonds. The van der Waals surface area contributed by atoms with Crippen LogP contribution in [0.4, 0.5) is 5.69 Å². The molecular weight excluding hydrogens is 596 g/mol. The van der Waals surface area contributed by atoms with Crippen LogP contribution in [0.1, 0.15) is 124 Å². The van der Waals surface area contributed by atoms with Crippen molar-refractivity contribution in [1.29, 1.82) is 0 Å². The minimum Gasteiger partial charge on any atom is -0.491 e. The average Bonchev–Trinajstić information content (AvgIpc) is 3.35. The molecule has 1 heterocycles. The molecule has 0 atom stereocenters. The van der Waals surface area contributed by atoms with Gasteiger partial charge in [0.25, 0.3) is 5.91 Å². The van der Waals surface area contributed by atoms with E-state index < -0.39 is 0 Å². The Bertz CT molecular complexity index is 1120. The van der Waals surface area contributed by atoms with Crippen molar-refractivity contribution in [2.45, 2.75) is 104 Å². The molecule has 2 aromatic carbocycles. The number of thioether (sulfide) groups is 1. The SMILES string of the molecule is Br.CCCCCCCCCCCCCCOc1c(NC(=O)c2cccc(CN3CSC=C3C)c2)cccc1C(C)=O. The number of anilines is 1. The first-order valence-electron chi connectivity index (χ1n) is 15.2. The van der Waals surface area contributed by atoms with Gasteiger partial charge in [-0.1, -0.05) is 95.8 Å². The fourth-order valence-corrected chi connectivity index (χ4v) is 5.95. The molecular formula is C34H49BrN2O3S. The van der Waals surface area contributed by atoms with E-state index in [1.165, 1.54) is 76.8 Å². The molecule has 3 rings (SSSR count). The molecule has 7 heteroatoms. The highest BCUT2D eigenvalue weighted by atomic mass is 79.9. The lowest BCUT2D eigenvalue weighted by Crippen LogP contribution is -2.18. The van der Waals surface area contributed by atoms with Crippen molar-refractivity contribution in [3.63, 3.8) is 0 Å². The standard InChI is InChI=1S/C34H48N2O3S.BrH/c1-4-5-6-7-8-9-10-11-12-13-14-15-22-39-33-31(28(3)37)20-17-21-32(33)35-34(38)30-19-16-18-29(23-30)24-36-26-40-25-27(36)2;/h16-21,23,25H,4-15,22,24,26H2,1-3H3,(H,35,38);1H. The van der Waals surface area contributed by atoms with Crippen LogP contribution in [0.2, 0.25) is 0 Å². The highest BCUT2D eigenvalue weighted by Gasteiger charge is 2.17. The number of allylic oxidation sites excluding steroid dienone is 1. The predicted molar refractivity (Wildman–Crippen MR) is 179 cm³/mol. The number of carbonyl (C=O) groups is 2. The molecule has 2 aromatic rings. The number of hydrogen-bond acceptors (Lipinski definition) is 5. The summed E-state index contributed by atoms with van der Waals surface area (Å²) in [6.07, 6.45) is 15.4. The summed E-state index contributed by atoms with van der Waals surface area (Å²) in [5.74, 6) is 1.12. The zero-order valence-electron chi connectivity index (χ0n) is 25.2. The first kappa shape index (κ1) is 34.9. The number of carbonyl (C=O) groups excluding carboxylic acids is 2. The first-order valence-corrected chi connectivity index (χ1v) is 16.2. The van der Waals surface area contributed by atoms with Gasteiger partial charge in [0.1, 0.15) is 0 Å². The molecule has 226 valence electrons. The van der Waals surface area contributed by atoms with Crippen LogP contribution in [0.3, 0.4) is 0 Å². The van der Waals surface area contributed by atoms with Crippen molar-refractivity contribution in [3.8, 4) is 5.75 Å². The van der Waals surface area contributed by atoms with E-state index in [0.717, 1.165) is 30.8 Å². The number of unbranched alkanes of at least 4 members (excludes halogenated alkanes) is 11. The van der Waals surface area contributed by atoms with Gasteiger partial charge >= 0.3 is 0 Å². The van der Waals surface area contributed by atoms with Crippen LogP contribution in [-0.4, -0.2) is 29.1 Å². The number of amides is 1. The van der Waals surface area contributed by atoms with Gasteiger partial charge in [-0.15, -0.1) is 28.7 Å². The van der Waals surface area contributed by atoms with Crippen LogP contribution in [-0.2, 0) is 6.54 Å². The van der Waals surface area contributed by atoms with Gasteiger partial charge in [0.05, 0.1) is 23.7 Å². The number of hydrogen-bond donors (Lipinski definition) is 1. The number of rotatable bonds is 19. The summed E-state index contributed by atoms with van der Waals surface area (Å²) in [7, 11) is 0. The molecule has 41 heavy (non-hydrogen) atoms. The largest absolute Gasteiger partial charge is 0.491 e. The monoisotopic (exact) mass is 644 g/mol. The van der Waals surface area contributed by atoms with E-state index in [-0.39, 0.29) is 28.7 Å². The molecule has 0 bridgehead atoms. The summed E-state index contributed by atoms with van der Waals surface area (Å²) in [5, 5.41) is 5.17. The van der Waals surface area contributed by atoms with Gasteiger partial charge in [0.15, 0.2) is 11.5 Å². The molecule has 1 N–H and O–H groups in total. The van der Waals surface area contributed by atoms with E-state index in [9.17, 15) is 9.59 Å². The fourth-order valence-electron chi connectivity index (χ4n) is 5.01. The lowest BCUT2D eigenvalue weighted by atomic mass is 10.1. The van der Waals surface area contributed by atoms with Gasteiger partial charge in [-0.05, 0) is 55.5 Å². The Morgan fingerprint density at radius 3 is 2.15 bits per heavy atom. The molecule has 1 aliphatic heterocycles. The molecule has 0 aliphatic carbocycles. The maximum absolute atomic E-state index is 13.2. The van der Waals surface area contributed by atoms with Gasteiger partial charge in [0.2, 0.25) is 0 Å². The maximum atomic E-state index is 13.2. The second-order valence-electron chi connectivity index (χ2n) is 10.9. The van der Waals surface area contributed by atoms with Crippen molar-refractivity contribution in [1.82, 2.24) is 4.90 Å². The number of para-hydroxylation sites is 1. The minimum atomic E-state index is -0.208. The van der Waals surface area contributed by atoms with Gasteiger partial charge in [0, 0.05) is 17.8 Å². The molecule has 0 radical (unpaired) electrons. The van der Waals surface area contributed by atoms with Crippen LogP contribution in [0.5, 0.6) is 5.75 Å². The number of ether oxygens (including phenoxy) is 1. The lowest BCUT2D eigenvalue weighted by Gasteiger charge is -2.19. The molecule has 1 aliphatic rings. The number of halogens is 1. The Morgan fingerprint density at radius 1 is 0.902 bits per heavy atom.